The van der Waals surface area contributed by atoms with E-state index in [1.807, 2.05) is 19.9 Å². The summed E-state index contributed by atoms with van der Waals surface area (Å²) in [7, 11) is 0. The van der Waals surface area contributed by atoms with Gasteiger partial charge in [-0.1, -0.05) is 29.8 Å². The fraction of sp³-hybridized carbons (Fsp3) is 0.462. The summed E-state index contributed by atoms with van der Waals surface area (Å²) in [6.07, 6.45) is 1.41. The lowest BCUT2D eigenvalue weighted by Gasteiger charge is -2.26. The van der Waals surface area contributed by atoms with Crippen molar-refractivity contribution in [2.24, 2.45) is 0 Å². The first-order chi connectivity index (χ1) is 8.03. The molecule has 0 saturated heterocycles. The van der Waals surface area contributed by atoms with Crippen LogP contribution >= 0.6 is 15.9 Å². The predicted octanol–water partition coefficient (Wildman–Crippen LogP) is 3.28. The molecule has 4 heteroatoms. The van der Waals surface area contributed by atoms with Gasteiger partial charge in [0, 0.05) is 16.7 Å². The van der Waals surface area contributed by atoms with E-state index in [0.717, 1.165) is 10.2 Å². The maximum absolute atomic E-state index is 10.1. The molecule has 0 aliphatic heterocycles. The van der Waals surface area contributed by atoms with Crippen LogP contribution < -0.4 is 5.32 Å². The van der Waals surface area contributed by atoms with Crippen molar-refractivity contribution in [3.63, 3.8) is 0 Å². The van der Waals surface area contributed by atoms with Gasteiger partial charge in [-0.15, -0.1) is 0 Å². The van der Waals surface area contributed by atoms with E-state index in [9.17, 15) is 5.11 Å². The van der Waals surface area contributed by atoms with E-state index in [1.165, 1.54) is 0 Å². The second kappa shape index (κ2) is 6.04. The molecule has 92 valence electrons. The molecule has 0 heterocycles. The first-order valence-electron chi connectivity index (χ1n) is 5.70. The Labute approximate surface area is 111 Å². The number of hydrogen-bond acceptors (Lipinski definition) is 3. The molecule has 0 atom stereocenters. The molecule has 1 aromatic rings. The summed E-state index contributed by atoms with van der Waals surface area (Å²) >= 11 is 3.35. The van der Waals surface area contributed by atoms with Crippen LogP contribution in [0, 0.1) is 11.3 Å². The molecule has 0 spiro atoms. The van der Waals surface area contributed by atoms with Crippen molar-refractivity contribution < 1.29 is 5.11 Å². The summed E-state index contributed by atoms with van der Waals surface area (Å²) in [6.45, 7) is 4.42. The van der Waals surface area contributed by atoms with Crippen molar-refractivity contribution in [2.75, 3.05) is 11.9 Å². The topological polar surface area (TPSA) is 56.0 Å². The average molecular weight is 297 g/mol. The second-order valence-corrected chi connectivity index (χ2v) is 5.04. The van der Waals surface area contributed by atoms with Crippen molar-refractivity contribution >= 4 is 21.6 Å². The van der Waals surface area contributed by atoms with Gasteiger partial charge < -0.3 is 10.4 Å². The lowest BCUT2D eigenvalue weighted by Crippen LogP contribution is -2.35. The Balaban J connectivity index is 2.76. The van der Waals surface area contributed by atoms with Crippen LogP contribution in [0.1, 0.15) is 32.3 Å². The summed E-state index contributed by atoms with van der Waals surface area (Å²) < 4.78 is 0.857. The molecule has 3 nitrogen and oxygen atoms in total. The molecule has 0 aliphatic rings. The highest BCUT2D eigenvalue weighted by atomic mass is 79.9. The fourth-order valence-electron chi connectivity index (χ4n) is 1.52. The van der Waals surface area contributed by atoms with E-state index in [1.54, 1.807) is 12.1 Å². The minimum Gasteiger partial charge on any atom is -0.388 e. The van der Waals surface area contributed by atoms with Crippen LogP contribution in [0.4, 0.5) is 5.69 Å². The monoisotopic (exact) mass is 296 g/mol. The first-order valence-corrected chi connectivity index (χ1v) is 6.49. The number of nitrogens with zero attached hydrogens (tertiary/aromatic N) is 1. The van der Waals surface area contributed by atoms with Crippen molar-refractivity contribution in [2.45, 2.75) is 32.3 Å². The Morgan fingerprint density at radius 1 is 1.35 bits per heavy atom. The zero-order valence-electron chi connectivity index (χ0n) is 10.1. The number of hydrogen-bond donors (Lipinski definition) is 2. The predicted molar refractivity (Wildman–Crippen MR) is 72.9 cm³/mol. The van der Waals surface area contributed by atoms with Crippen LogP contribution in [0.3, 0.4) is 0 Å². The molecule has 0 fully saturated rings. The lowest BCUT2D eigenvalue weighted by molar-refractivity contribution is 0.0457. The molecule has 2 N–H and O–H groups in total. The van der Waals surface area contributed by atoms with Gasteiger partial charge in [0.1, 0.15) is 0 Å². The van der Waals surface area contributed by atoms with Crippen LogP contribution in [0.25, 0.3) is 0 Å². The SMILES string of the molecule is CCC(O)(CC)CNc1cc(Br)cc(C#N)c1. The highest BCUT2D eigenvalue weighted by Gasteiger charge is 2.21. The van der Waals surface area contributed by atoms with Crippen LogP contribution in [-0.4, -0.2) is 17.3 Å². The van der Waals surface area contributed by atoms with Gasteiger partial charge in [0.25, 0.3) is 0 Å². The molecule has 1 aromatic carbocycles. The number of rotatable bonds is 5. The van der Waals surface area contributed by atoms with Gasteiger partial charge in [-0.3, -0.25) is 0 Å². The smallest absolute Gasteiger partial charge is 0.0992 e. The van der Waals surface area contributed by atoms with Gasteiger partial charge in [-0.25, -0.2) is 0 Å². The molecule has 17 heavy (non-hydrogen) atoms. The molecule has 0 saturated carbocycles. The molecule has 0 aromatic heterocycles. The third-order valence-electron chi connectivity index (χ3n) is 2.96. The van der Waals surface area contributed by atoms with Crippen molar-refractivity contribution in [1.82, 2.24) is 0 Å². The number of nitriles is 1. The molecular weight excluding hydrogens is 280 g/mol. The largest absolute Gasteiger partial charge is 0.388 e. The van der Waals surface area contributed by atoms with E-state index in [4.69, 9.17) is 5.26 Å². The van der Waals surface area contributed by atoms with Crippen LogP contribution in [0.15, 0.2) is 22.7 Å². The highest BCUT2D eigenvalue weighted by molar-refractivity contribution is 9.10. The highest BCUT2D eigenvalue weighted by Crippen LogP contribution is 2.21. The number of benzene rings is 1. The maximum Gasteiger partial charge on any atom is 0.0992 e. The molecule has 0 bridgehead atoms. The minimum absolute atomic E-state index is 0.487. The van der Waals surface area contributed by atoms with E-state index >= 15 is 0 Å². The quantitative estimate of drug-likeness (QED) is 0.877. The number of aliphatic hydroxyl groups is 1. The van der Waals surface area contributed by atoms with E-state index in [2.05, 4.69) is 27.3 Å². The van der Waals surface area contributed by atoms with Gasteiger partial charge in [-0.2, -0.15) is 5.26 Å². The zero-order chi connectivity index (χ0) is 12.9. The van der Waals surface area contributed by atoms with Gasteiger partial charge in [-0.05, 0) is 31.0 Å². The molecular formula is C13H17BrN2O. The maximum atomic E-state index is 10.1. The van der Waals surface area contributed by atoms with Crippen molar-refractivity contribution in [3.05, 3.63) is 28.2 Å². The summed E-state index contributed by atoms with van der Waals surface area (Å²) in [4.78, 5) is 0. The van der Waals surface area contributed by atoms with Crippen LogP contribution in [0.5, 0.6) is 0 Å². The van der Waals surface area contributed by atoms with E-state index in [0.29, 0.717) is 24.9 Å². The zero-order valence-corrected chi connectivity index (χ0v) is 11.7. The number of halogens is 1. The van der Waals surface area contributed by atoms with E-state index in [-0.39, 0.29) is 0 Å². The summed E-state index contributed by atoms with van der Waals surface area (Å²) in [5.74, 6) is 0. The van der Waals surface area contributed by atoms with Crippen LogP contribution in [-0.2, 0) is 0 Å². The van der Waals surface area contributed by atoms with Gasteiger partial charge in [0.2, 0.25) is 0 Å². The Morgan fingerprint density at radius 2 is 2.00 bits per heavy atom. The Kier molecular flexibility index (Phi) is 4.98. The van der Waals surface area contributed by atoms with Crippen LogP contribution in [0.2, 0.25) is 0 Å². The van der Waals surface area contributed by atoms with Crippen molar-refractivity contribution in [3.8, 4) is 6.07 Å². The summed E-state index contributed by atoms with van der Waals surface area (Å²) in [5.41, 5.74) is 0.754. The normalized spacial score (nSPS) is 11.0. The summed E-state index contributed by atoms with van der Waals surface area (Å²) in [6, 6.07) is 7.53. The Morgan fingerprint density at radius 3 is 2.53 bits per heavy atom. The molecule has 1 rings (SSSR count). The number of anilines is 1. The molecule has 0 radical (unpaired) electrons. The standard InChI is InChI=1S/C13H17BrN2O/c1-3-13(17,4-2)9-16-12-6-10(8-15)5-11(14)7-12/h5-7,16-17H,3-4,9H2,1-2H3. The molecule has 0 amide bonds. The van der Waals surface area contributed by atoms with Gasteiger partial charge in [0.15, 0.2) is 0 Å². The fourth-order valence-corrected chi connectivity index (χ4v) is 2.02. The van der Waals surface area contributed by atoms with E-state index < -0.39 is 5.60 Å². The van der Waals surface area contributed by atoms with Gasteiger partial charge in [0.05, 0.1) is 17.2 Å². The third kappa shape index (κ3) is 4.03. The lowest BCUT2D eigenvalue weighted by atomic mass is 9.97. The Hall–Kier alpha value is -1.05. The average Bonchev–Trinajstić information content (AvgIpc) is 2.35. The third-order valence-corrected chi connectivity index (χ3v) is 3.42. The van der Waals surface area contributed by atoms with Crippen molar-refractivity contribution in [1.29, 1.82) is 5.26 Å². The second-order valence-electron chi connectivity index (χ2n) is 4.13. The minimum atomic E-state index is -0.685. The molecule has 0 unspecified atom stereocenters. The first kappa shape index (κ1) is 14.0. The summed E-state index contributed by atoms with van der Waals surface area (Å²) in [5, 5.41) is 22.2. The van der Waals surface area contributed by atoms with Gasteiger partial charge >= 0.3 is 0 Å². The molecule has 0 aliphatic carbocycles. The number of nitrogens with one attached hydrogen (secondary N) is 1. The Bertz CT molecular complexity index is 422.